The quantitative estimate of drug-likeness (QED) is 0.634. The molecule has 0 radical (unpaired) electrons. The first-order valence-electron chi connectivity index (χ1n) is 6.15. The van der Waals surface area contributed by atoms with Gasteiger partial charge in [0.1, 0.15) is 11.6 Å². The lowest BCUT2D eigenvalue weighted by molar-refractivity contribution is 0.117. The van der Waals surface area contributed by atoms with Crippen molar-refractivity contribution in [3.05, 3.63) is 42.2 Å². The number of nitrogen functional groups attached to an aromatic ring is 1. The molecule has 1 unspecified atom stereocenters. The van der Waals surface area contributed by atoms with Gasteiger partial charge < -0.3 is 10.2 Å². The zero-order valence-electron chi connectivity index (χ0n) is 11.1. The fraction of sp³-hybridized carbons (Fsp3) is 0.286. The molecule has 0 saturated heterocycles. The number of anilines is 1. The minimum absolute atomic E-state index is 0.0663. The summed E-state index contributed by atoms with van der Waals surface area (Å²) in [6.45, 7) is 1.98. The molecule has 0 aliphatic carbocycles. The van der Waals surface area contributed by atoms with Crippen LogP contribution < -0.4 is 11.3 Å². The first kappa shape index (κ1) is 13.5. The fourth-order valence-corrected chi connectivity index (χ4v) is 1.76. The molecular weight excluding hydrogens is 240 g/mol. The van der Waals surface area contributed by atoms with Crippen LogP contribution in [0.5, 0.6) is 0 Å². The normalized spacial score (nSPS) is 12.2. The van der Waals surface area contributed by atoms with Crippen LogP contribution >= 0.6 is 0 Å². The molecule has 0 amide bonds. The molecule has 0 bridgehead atoms. The summed E-state index contributed by atoms with van der Waals surface area (Å²) in [6, 6.07) is 11.8. The van der Waals surface area contributed by atoms with Gasteiger partial charge in [-0.25, -0.2) is 15.8 Å². The molecule has 0 saturated carbocycles. The number of nitrogens with two attached hydrogens (primary N) is 1. The minimum atomic E-state index is 0.0663. The number of methoxy groups -OCH3 is 1. The van der Waals surface area contributed by atoms with E-state index in [0.717, 1.165) is 11.3 Å². The summed E-state index contributed by atoms with van der Waals surface area (Å²) in [5, 5.41) is 0. The summed E-state index contributed by atoms with van der Waals surface area (Å²) in [7, 11) is 1.67. The smallest absolute Gasteiger partial charge is 0.144 e. The number of hydrazine groups is 1. The predicted molar refractivity (Wildman–Crippen MR) is 75.5 cm³/mol. The number of nitrogens with zero attached hydrogens (tertiary/aromatic N) is 2. The van der Waals surface area contributed by atoms with Crippen LogP contribution in [0.2, 0.25) is 0 Å². The average Bonchev–Trinajstić information content (AvgIpc) is 2.47. The van der Waals surface area contributed by atoms with E-state index in [0.29, 0.717) is 18.1 Å². The standard InChI is InChI=1S/C14H18N4O/c1-10(19-2)8-13-16-12(9-14(17-13)18-15)11-6-4-3-5-7-11/h3-7,9-10H,8,15H2,1-2H3,(H,16,17,18). The first-order chi connectivity index (χ1) is 9.22. The highest BCUT2D eigenvalue weighted by Gasteiger charge is 2.09. The van der Waals surface area contributed by atoms with Gasteiger partial charge in [0.2, 0.25) is 0 Å². The Labute approximate surface area is 112 Å². The molecule has 1 atom stereocenters. The second-order valence-corrected chi connectivity index (χ2v) is 4.32. The highest BCUT2D eigenvalue weighted by Crippen LogP contribution is 2.19. The van der Waals surface area contributed by atoms with Crippen LogP contribution in [0.1, 0.15) is 12.7 Å². The molecule has 3 N–H and O–H groups in total. The van der Waals surface area contributed by atoms with E-state index in [1.807, 2.05) is 43.3 Å². The number of nitrogens with one attached hydrogen (secondary N) is 1. The van der Waals surface area contributed by atoms with E-state index >= 15 is 0 Å². The van der Waals surface area contributed by atoms with E-state index in [4.69, 9.17) is 10.6 Å². The molecule has 19 heavy (non-hydrogen) atoms. The minimum Gasteiger partial charge on any atom is -0.381 e. The van der Waals surface area contributed by atoms with Crippen LogP contribution in [0.25, 0.3) is 11.3 Å². The number of benzene rings is 1. The Bertz CT molecular complexity index is 530. The van der Waals surface area contributed by atoms with Gasteiger partial charge in [-0.2, -0.15) is 0 Å². The zero-order chi connectivity index (χ0) is 13.7. The lowest BCUT2D eigenvalue weighted by atomic mass is 10.1. The van der Waals surface area contributed by atoms with Gasteiger partial charge in [-0.3, -0.25) is 0 Å². The van der Waals surface area contributed by atoms with Crippen molar-refractivity contribution < 1.29 is 4.74 Å². The van der Waals surface area contributed by atoms with Crippen molar-refractivity contribution in [1.29, 1.82) is 0 Å². The number of hydrogen-bond acceptors (Lipinski definition) is 5. The maximum absolute atomic E-state index is 5.46. The molecular formula is C14H18N4O. The van der Waals surface area contributed by atoms with E-state index in [1.165, 1.54) is 0 Å². The Morgan fingerprint density at radius 1 is 1.26 bits per heavy atom. The molecule has 1 aromatic heterocycles. The van der Waals surface area contributed by atoms with Crippen molar-refractivity contribution in [3.8, 4) is 11.3 Å². The Balaban J connectivity index is 2.36. The van der Waals surface area contributed by atoms with Crippen LogP contribution in [0.15, 0.2) is 36.4 Å². The Hall–Kier alpha value is -1.98. The SMILES string of the molecule is COC(C)Cc1nc(NN)cc(-c2ccccc2)n1. The summed E-state index contributed by atoms with van der Waals surface area (Å²) >= 11 is 0. The molecule has 1 heterocycles. The molecule has 2 rings (SSSR count). The lowest BCUT2D eigenvalue weighted by Gasteiger charge is -2.11. The molecule has 100 valence electrons. The summed E-state index contributed by atoms with van der Waals surface area (Å²) in [4.78, 5) is 8.89. The molecule has 5 heteroatoms. The largest absolute Gasteiger partial charge is 0.381 e. The van der Waals surface area contributed by atoms with Gasteiger partial charge in [0.25, 0.3) is 0 Å². The monoisotopic (exact) mass is 258 g/mol. The second-order valence-electron chi connectivity index (χ2n) is 4.32. The molecule has 0 aliphatic rings. The van der Waals surface area contributed by atoms with Crippen LogP contribution in [-0.4, -0.2) is 23.2 Å². The van der Waals surface area contributed by atoms with E-state index in [1.54, 1.807) is 7.11 Å². The highest BCUT2D eigenvalue weighted by molar-refractivity contribution is 5.62. The molecule has 2 aromatic rings. The third kappa shape index (κ3) is 3.49. The van der Waals surface area contributed by atoms with E-state index in [9.17, 15) is 0 Å². The summed E-state index contributed by atoms with van der Waals surface area (Å²) < 4.78 is 5.24. The first-order valence-corrected chi connectivity index (χ1v) is 6.15. The number of rotatable bonds is 5. The van der Waals surface area contributed by atoms with Gasteiger partial charge in [0.05, 0.1) is 11.8 Å². The number of hydrogen-bond donors (Lipinski definition) is 2. The van der Waals surface area contributed by atoms with Crippen LogP contribution in [0, 0.1) is 0 Å². The predicted octanol–water partition coefficient (Wildman–Crippen LogP) is 2.01. The Kier molecular flexibility index (Phi) is 4.43. The van der Waals surface area contributed by atoms with Crippen molar-refractivity contribution >= 4 is 5.82 Å². The van der Waals surface area contributed by atoms with E-state index in [2.05, 4.69) is 15.4 Å². The van der Waals surface area contributed by atoms with E-state index < -0.39 is 0 Å². The average molecular weight is 258 g/mol. The van der Waals surface area contributed by atoms with Gasteiger partial charge >= 0.3 is 0 Å². The van der Waals surface area contributed by atoms with Gasteiger partial charge in [-0.05, 0) is 6.92 Å². The summed E-state index contributed by atoms with van der Waals surface area (Å²) in [5.41, 5.74) is 4.46. The van der Waals surface area contributed by atoms with Crippen LogP contribution in [0.4, 0.5) is 5.82 Å². The summed E-state index contributed by atoms with van der Waals surface area (Å²) in [5.74, 6) is 6.77. The topological polar surface area (TPSA) is 73.1 Å². The number of aromatic nitrogens is 2. The maximum Gasteiger partial charge on any atom is 0.144 e. The van der Waals surface area contributed by atoms with E-state index in [-0.39, 0.29) is 6.10 Å². The maximum atomic E-state index is 5.46. The van der Waals surface area contributed by atoms with Crippen molar-refractivity contribution in [2.45, 2.75) is 19.4 Å². The van der Waals surface area contributed by atoms with Gasteiger partial charge in [0.15, 0.2) is 0 Å². The highest BCUT2D eigenvalue weighted by atomic mass is 16.5. The molecule has 1 aromatic carbocycles. The third-order valence-electron chi connectivity index (χ3n) is 2.86. The van der Waals surface area contributed by atoms with Gasteiger partial charge in [0, 0.05) is 25.2 Å². The van der Waals surface area contributed by atoms with Gasteiger partial charge in [-0.1, -0.05) is 30.3 Å². The molecule has 0 aliphatic heterocycles. The fourth-order valence-electron chi connectivity index (χ4n) is 1.76. The Morgan fingerprint density at radius 3 is 2.63 bits per heavy atom. The van der Waals surface area contributed by atoms with Crippen molar-refractivity contribution in [1.82, 2.24) is 9.97 Å². The molecule has 5 nitrogen and oxygen atoms in total. The van der Waals surface area contributed by atoms with Crippen LogP contribution in [0.3, 0.4) is 0 Å². The Morgan fingerprint density at radius 2 is 2.00 bits per heavy atom. The van der Waals surface area contributed by atoms with Crippen molar-refractivity contribution in [2.75, 3.05) is 12.5 Å². The summed E-state index contributed by atoms with van der Waals surface area (Å²) in [6.07, 6.45) is 0.711. The second kappa shape index (κ2) is 6.26. The number of ether oxygens (including phenoxy) is 1. The molecule has 0 spiro atoms. The van der Waals surface area contributed by atoms with Crippen molar-refractivity contribution in [3.63, 3.8) is 0 Å². The molecule has 0 fully saturated rings. The van der Waals surface area contributed by atoms with Crippen molar-refractivity contribution in [2.24, 2.45) is 5.84 Å². The lowest BCUT2D eigenvalue weighted by Crippen LogP contribution is -2.15. The third-order valence-corrected chi connectivity index (χ3v) is 2.86. The van der Waals surface area contributed by atoms with Gasteiger partial charge in [-0.15, -0.1) is 0 Å². The zero-order valence-corrected chi connectivity index (χ0v) is 11.1. The van der Waals surface area contributed by atoms with Crippen LogP contribution in [-0.2, 0) is 11.2 Å².